The average molecular weight is 356 g/mol. The van der Waals surface area contributed by atoms with Gasteiger partial charge in [-0.15, -0.1) is 0 Å². The molecule has 0 aromatic heterocycles. The Morgan fingerprint density at radius 1 is 1.27 bits per heavy atom. The van der Waals surface area contributed by atoms with Crippen molar-refractivity contribution in [2.75, 3.05) is 13.8 Å². The zero-order valence-electron chi connectivity index (χ0n) is 14.7. The molecule has 0 unspecified atom stereocenters. The van der Waals surface area contributed by atoms with Crippen molar-refractivity contribution in [1.29, 1.82) is 0 Å². The number of amides is 1. The Hall–Kier alpha value is -2.89. The number of carbonyl (C=O) groups excluding carboxylic acids is 1. The van der Waals surface area contributed by atoms with Gasteiger partial charge in [-0.05, 0) is 33.9 Å². The SMILES string of the molecule is CO[C@H](c1ccc(-c2cccc(CNC(C)=O)c2)cc1)[C@@H](CF)N=[N+]=[N-]. The van der Waals surface area contributed by atoms with Gasteiger partial charge < -0.3 is 10.1 Å². The number of hydrogen-bond donors (Lipinski definition) is 1. The first-order valence-corrected chi connectivity index (χ1v) is 8.15. The van der Waals surface area contributed by atoms with Gasteiger partial charge >= 0.3 is 0 Å². The number of halogens is 1. The normalized spacial score (nSPS) is 12.7. The third kappa shape index (κ3) is 5.05. The van der Waals surface area contributed by atoms with Crippen molar-refractivity contribution in [2.45, 2.75) is 25.6 Å². The molecule has 0 spiro atoms. The second-order valence-electron chi connectivity index (χ2n) is 5.81. The van der Waals surface area contributed by atoms with E-state index >= 15 is 0 Å². The lowest BCUT2D eigenvalue weighted by atomic mass is 9.98. The maximum absolute atomic E-state index is 13.1. The van der Waals surface area contributed by atoms with Crippen LogP contribution in [-0.4, -0.2) is 25.7 Å². The summed E-state index contributed by atoms with van der Waals surface area (Å²) in [6.45, 7) is 1.16. The summed E-state index contributed by atoms with van der Waals surface area (Å²) in [5.74, 6) is -0.0761. The molecule has 6 nitrogen and oxygen atoms in total. The van der Waals surface area contributed by atoms with Gasteiger partial charge in [0.1, 0.15) is 6.67 Å². The molecule has 0 heterocycles. The summed E-state index contributed by atoms with van der Waals surface area (Å²) in [5.41, 5.74) is 12.3. The quantitative estimate of drug-likeness (QED) is 0.434. The maximum Gasteiger partial charge on any atom is 0.217 e. The van der Waals surface area contributed by atoms with E-state index in [2.05, 4.69) is 15.3 Å². The number of nitrogens with one attached hydrogen (secondary N) is 1. The Morgan fingerprint density at radius 3 is 2.58 bits per heavy atom. The fourth-order valence-electron chi connectivity index (χ4n) is 2.71. The van der Waals surface area contributed by atoms with Gasteiger partial charge in [0.05, 0.1) is 12.1 Å². The van der Waals surface area contributed by atoms with Crippen LogP contribution in [0, 0.1) is 0 Å². The van der Waals surface area contributed by atoms with Crippen LogP contribution in [0.2, 0.25) is 0 Å². The Labute approximate surface area is 151 Å². The smallest absolute Gasteiger partial charge is 0.217 e. The molecular formula is C19H21FN4O2. The van der Waals surface area contributed by atoms with Crippen LogP contribution in [0.5, 0.6) is 0 Å². The lowest BCUT2D eigenvalue weighted by molar-refractivity contribution is -0.119. The minimum atomic E-state index is -0.906. The lowest BCUT2D eigenvalue weighted by Crippen LogP contribution is -2.20. The third-order valence-corrected chi connectivity index (χ3v) is 4.00. The van der Waals surface area contributed by atoms with E-state index in [-0.39, 0.29) is 5.91 Å². The molecule has 0 aliphatic carbocycles. The van der Waals surface area contributed by atoms with Gasteiger partial charge in [0, 0.05) is 25.5 Å². The monoisotopic (exact) mass is 356 g/mol. The first kappa shape index (κ1) is 19.4. The largest absolute Gasteiger partial charge is 0.376 e. The number of carbonyl (C=O) groups is 1. The van der Waals surface area contributed by atoms with Crippen molar-refractivity contribution in [1.82, 2.24) is 5.32 Å². The number of alkyl halides is 1. The molecule has 0 saturated heterocycles. The van der Waals surface area contributed by atoms with Crippen LogP contribution in [0.1, 0.15) is 24.2 Å². The predicted molar refractivity (Wildman–Crippen MR) is 98.1 cm³/mol. The summed E-state index contributed by atoms with van der Waals surface area (Å²) in [5, 5.41) is 6.24. The number of rotatable bonds is 8. The third-order valence-electron chi connectivity index (χ3n) is 4.00. The summed E-state index contributed by atoms with van der Waals surface area (Å²) in [4.78, 5) is 13.7. The Bertz CT molecular complexity index is 788. The summed E-state index contributed by atoms with van der Waals surface area (Å²) >= 11 is 0. The van der Waals surface area contributed by atoms with Crippen LogP contribution in [0.4, 0.5) is 4.39 Å². The second-order valence-corrected chi connectivity index (χ2v) is 5.81. The molecule has 2 atom stereocenters. The molecule has 0 saturated carbocycles. The second kappa shape index (κ2) is 9.56. The van der Waals surface area contributed by atoms with Crippen molar-refractivity contribution in [3.63, 3.8) is 0 Å². The lowest BCUT2D eigenvalue weighted by Gasteiger charge is -2.20. The molecule has 0 aliphatic heterocycles. The molecule has 7 heteroatoms. The molecule has 136 valence electrons. The zero-order valence-corrected chi connectivity index (χ0v) is 14.7. The Balaban J connectivity index is 2.22. The van der Waals surface area contributed by atoms with Gasteiger partial charge in [-0.2, -0.15) is 0 Å². The van der Waals surface area contributed by atoms with E-state index in [1.807, 2.05) is 48.5 Å². The number of nitrogens with zero attached hydrogens (tertiary/aromatic N) is 3. The molecule has 0 bridgehead atoms. The van der Waals surface area contributed by atoms with E-state index in [0.717, 1.165) is 22.3 Å². The number of ether oxygens (including phenoxy) is 1. The Kier molecular flexibility index (Phi) is 7.14. The summed E-state index contributed by atoms with van der Waals surface area (Å²) < 4.78 is 18.4. The van der Waals surface area contributed by atoms with E-state index in [4.69, 9.17) is 10.3 Å². The van der Waals surface area contributed by atoms with E-state index in [1.165, 1.54) is 14.0 Å². The zero-order chi connectivity index (χ0) is 18.9. The molecule has 0 radical (unpaired) electrons. The molecule has 2 rings (SSSR count). The highest BCUT2D eigenvalue weighted by Crippen LogP contribution is 2.27. The summed E-state index contributed by atoms with van der Waals surface area (Å²) in [6, 6.07) is 14.4. The molecule has 0 fully saturated rings. The van der Waals surface area contributed by atoms with Gasteiger partial charge in [-0.25, -0.2) is 0 Å². The molecule has 0 aliphatic rings. The highest BCUT2D eigenvalue weighted by Gasteiger charge is 2.22. The van der Waals surface area contributed by atoms with Gasteiger partial charge in [0.2, 0.25) is 5.91 Å². The van der Waals surface area contributed by atoms with Gasteiger partial charge in [0.15, 0.2) is 0 Å². The topological polar surface area (TPSA) is 87.1 Å². The van der Waals surface area contributed by atoms with Crippen LogP contribution in [-0.2, 0) is 16.1 Å². The Morgan fingerprint density at radius 2 is 2.00 bits per heavy atom. The highest BCUT2D eigenvalue weighted by atomic mass is 19.1. The molecule has 2 aromatic carbocycles. The van der Waals surface area contributed by atoms with Crippen molar-refractivity contribution in [2.24, 2.45) is 5.11 Å². The molecule has 1 amide bonds. The number of benzene rings is 2. The van der Waals surface area contributed by atoms with Crippen LogP contribution in [0.3, 0.4) is 0 Å². The van der Waals surface area contributed by atoms with Crippen LogP contribution in [0.15, 0.2) is 53.6 Å². The molecule has 2 aromatic rings. The fraction of sp³-hybridized carbons (Fsp3) is 0.316. The van der Waals surface area contributed by atoms with Crippen molar-refractivity contribution >= 4 is 5.91 Å². The van der Waals surface area contributed by atoms with E-state index < -0.39 is 18.8 Å². The standard InChI is InChI=1S/C19H21FN4O2/c1-13(25)22-12-14-4-3-5-17(10-14)15-6-8-16(9-7-15)19(26-2)18(11-20)23-24-21/h3-10,18-19H,11-12H2,1-2H3,(H,22,25)/t18-,19-/m1/s1. The first-order valence-electron chi connectivity index (χ1n) is 8.15. The maximum atomic E-state index is 13.1. The van der Waals surface area contributed by atoms with Gasteiger partial charge in [-0.3, -0.25) is 9.18 Å². The fourth-order valence-corrected chi connectivity index (χ4v) is 2.71. The predicted octanol–water partition coefficient (Wildman–Crippen LogP) is 4.33. The minimum Gasteiger partial charge on any atom is -0.376 e. The van der Waals surface area contributed by atoms with E-state index in [1.54, 1.807) is 0 Å². The first-order chi connectivity index (χ1) is 12.6. The highest BCUT2D eigenvalue weighted by molar-refractivity contribution is 5.73. The molecule has 1 N–H and O–H groups in total. The van der Waals surface area contributed by atoms with Crippen LogP contribution in [0.25, 0.3) is 21.6 Å². The number of azide groups is 1. The van der Waals surface area contributed by atoms with E-state index in [9.17, 15) is 9.18 Å². The average Bonchev–Trinajstić information content (AvgIpc) is 2.67. The number of methoxy groups -OCH3 is 1. The molecule has 26 heavy (non-hydrogen) atoms. The summed E-state index contributed by atoms with van der Waals surface area (Å²) in [7, 11) is 1.46. The minimum absolute atomic E-state index is 0.0761. The molecular weight excluding hydrogens is 335 g/mol. The van der Waals surface area contributed by atoms with E-state index in [0.29, 0.717) is 6.54 Å². The van der Waals surface area contributed by atoms with Crippen molar-refractivity contribution in [3.05, 3.63) is 70.1 Å². The van der Waals surface area contributed by atoms with Gasteiger partial charge in [-0.1, -0.05) is 47.6 Å². The van der Waals surface area contributed by atoms with Crippen LogP contribution >= 0.6 is 0 Å². The summed E-state index contributed by atoms with van der Waals surface area (Å²) in [6.07, 6.45) is -0.643. The van der Waals surface area contributed by atoms with Gasteiger partial charge in [0.25, 0.3) is 0 Å². The van der Waals surface area contributed by atoms with Crippen molar-refractivity contribution in [3.8, 4) is 11.1 Å². The van der Waals surface area contributed by atoms with Crippen LogP contribution < -0.4 is 5.32 Å². The number of hydrogen-bond acceptors (Lipinski definition) is 3. The van der Waals surface area contributed by atoms with Crippen molar-refractivity contribution < 1.29 is 13.9 Å².